The van der Waals surface area contributed by atoms with E-state index in [0.29, 0.717) is 16.3 Å². The van der Waals surface area contributed by atoms with Crippen molar-refractivity contribution in [1.82, 2.24) is 14.8 Å². The molecule has 7 heteroatoms. The maximum absolute atomic E-state index is 11.0. The Labute approximate surface area is 163 Å². The van der Waals surface area contributed by atoms with Gasteiger partial charge in [-0.1, -0.05) is 31.5 Å². The third kappa shape index (κ3) is 3.98. The molecule has 0 radical (unpaired) electrons. The summed E-state index contributed by atoms with van der Waals surface area (Å²) in [5, 5.41) is 10.2. The molecular weight excluding hydrogens is 360 g/mol. The molecule has 3 aromatic rings. The lowest BCUT2D eigenvalue weighted by Crippen LogP contribution is -2.07. The van der Waals surface area contributed by atoms with Gasteiger partial charge in [-0.2, -0.15) is 5.10 Å². The first-order valence-corrected chi connectivity index (χ1v) is 9.15. The molecule has 0 aliphatic heterocycles. The Balaban J connectivity index is 1.92. The molecule has 3 rings (SSSR count). The molecule has 1 N–H and O–H groups in total. The highest BCUT2D eigenvalue weighted by Gasteiger charge is 2.15. The summed E-state index contributed by atoms with van der Waals surface area (Å²) in [5.41, 5.74) is 4.26. The Hall–Kier alpha value is -2.80. The first kappa shape index (κ1) is 19.0. The topological polar surface area (TPSA) is 72.3 Å². The van der Waals surface area contributed by atoms with Gasteiger partial charge in [0.1, 0.15) is 18.0 Å². The normalized spacial score (nSPS) is 11.0. The van der Waals surface area contributed by atoms with E-state index in [-0.39, 0.29) is 12.5 Å². The van der Waals surface area contributed by atoms with Crippen molar-refractivity contribution in [2.75, 3.05) is 0 Å². The maximum atomic E-state index is 11.0. The van der Waals surface area contributed by atoms with Crippen LogP contribution in [0.15, 0.2) is 41.6 Å². The fraction of sp³-hybridized carbons (Fsp3) is 0.300. The van der Waals surface area contributed by atoms with E-state index < -0.39 is 0 Å². The largest absolute Gasteiger partial charge is 0.485 e. The highest BCUT2D eigenvalue weighted by Crippen LogP contribution is 2.34. The van der Waals surface area contributed by atoms with E-state index in [2.05, 4.69) is 29.2 Å². The van der Waals surface area contributed by atoms with Crippen LogP contribution in [0, 0.1) is 23.5 Å². The van der Waals surface area contributed by atoms with Gasteiger partial charge in [-0.15, -0.1) is 4.91 Å². The second-order valence-corrected chi connectivity index (χ2v) is 7.21. The maximum Gasteiger partial charge on any atom is 0.199 e. The predicted molar refractivity (Wildman–Crippen MR) is 109 cm³/mol. The van der Waals surface area contributed by atoms with E-state index in [0.717, 1.165) is 22.6 Å². The summed E-state index contributed by atoms with van der Waals surface area (Å²) in [7, 11) is 0. The minimum Gasteiger partial charge on any atom is -0.485 e. The molecule has 140 valence electrons. The second-order valence-electron chi connectivity index (χ2n) is 6.83. The Morgan fingerprint density at radius 2 is 1.93 bits per heavy atom. The van der Waals surface area contributed by atoms with Crippen molar-refractivity contribution in [3.63, 3.8) is 0 Å². The Kier molecular flexibility index (Phi) is 5.51. The summed E-state index contributed by atoms with van der Waals surface area (Å²) in [6, 6.07) is 11.7. The number of hydrogen-bond acceptors (Lipinski definition) is 5. The quantitative estimate of drug-likeness (QED) is 0.442. The van der Waals surface area contributed by atoms with E-state index in [1.807, 2.05) is 48.7 Å². The van der Waals surface area contributed by atoms with Crippen LogP contribution in [0.4, 0.5) is 5.69 Å². The van der Waals surface area contributed by atoms with Gasteiger partial charge in [0.25, 0.3) is 0 Å². The number of aryl methyl sites for hydroxylation is 2. The molecule has 0 saturated carbocycles. The van der Waals surface area contributed by atoms with E-state index in [1.165, 1.54) is 5.56 Å². The molecule has 0 aliphatic rings. The number of H-pyrrole nitrogens is 1. The highest BCUT2D eigenvalue weighted by molar-refractivity contribution is 7.71. The van der Waals surface area contributed by atoms with Crippen LogP contribution in [-0.2, 0) is 6.61 Å². The smallest absolute Gasteiger partial charge is 0.199 e. The fourth-order valence-electron chi connectivity index (χ4n) is 2.89. The number of nitroso groups, excluding NO2 is 1. The van der Waals surface area contributed by atoms with Crippen LogP contribution in [0.3, 0.4) is 0 Å². The van der Waals surface area contributed by atoms with Gasteiger partial charge in [-0.25, -0.2) is 0 Å². The van der Waals surface area contributed by atoms with Gasteiger partial charge in [-0.05, 0) is 72.6 Å². The molecule has 0 saturated heterocycles. The second kappa shape index (κ2) is 7.84. The minimum atomic E-state index is 0.194. The van der Waals surface area contributed by atoms with Gasteiger partial charge >= 0.3 is 0 Å². The first-order valence-electron chi connectivity index (χ1n) is 8.74. The third-order valence-corrected chi connectivity index (χ3v) is 4.71. The van der Waals surface area contributed by atoms with E-state index in [1.54, 1.807) is 6.07 Å². The van der Waals surface area contributed by atoms with Crippen LogP contribution in [0.5, 0.6) is 5.75 Å². The molecule has 0 aliphatic carbocycles. The fourth-order valence-corrected chi connectivity index (χ4v) is 3.15. The summed E-state index contributed by atoms with van der Waals surface area (Å²) < 4.78 is 8.44. The molecule has 0 spiro atoms. The molecule has 0 amide bonds. The average Bonchev–Trinajstić information content (AvgIpc) is 3.01. The van der Waals surface area contributed by atoms with E-state index in [4.69, 9.17) is 17.0 Å². The predicted octanol–water partition coefficient (Wildman–Crippen LogP) is 5.65. The summed E-state index contributed by atoms with van der Waals surface area (Å²) in [6.07, 6.45) is 0. The van der Waals surface area contributed by atoms with Crippen LogP contribution in [0.1, 0.15) is 42.3 Å². The van der Waals surface area contributed by atoms with Gasteiger partial charge in [0.05, 0.1) is 0 Å². The lowest BCUT2D eigenvalue weighted by Gasteiger charge is -2.16. The van der Waals surface area contributed by atoms with Crippen molar-refractivity contribution >= 4 is 17.9 Å². The zero-order chi connectivity index (χ0) is 19.6. The van der Waals surface area contributed by atoms with Crippen molar-refractivity contribution in [2.24, 2.45) is 5.18 Å². The Bertz CT molecular complexity index is 1020. The van der Waals surface area contributed by atoms with Crippen molar-refractivity contribution in [2.45, 2.75) is 40.2 Å². The van der Waals surface area contributed by atoms with Crippen molar-refractivity contribution in [1.29, 1.82) is 0 Å². The number of nitrogens with zero attached hydrogens (tertiary/aromatic N) is 3. The molecule has 27 heavy (non-hydrogen) atoms. The standard InChI is InChI=1S/C20H22N4O2S/c1-12(2)16-10-17(23-25)14(4)9-18(16)26-11-19-21-22-20(27)24(19)15-7-5-13(3)6-8-15/h5-10,12H,11H2,1-4H3,(H,22,27). The molecule has 1 aromatic heterocycles. The molecule has 6 nitrogen and oxygen atoms in total. The van der Waals surface area contributed by atoms with Gasteiger partial charge in [0, 0.05) is 5.69 Å². The van der Waals surface area contributed by atoms with Gasteiger partial charge in [0.2, 0.25) is 0 Å². The van der Waals surface area contributed by atoms with Gasteiger partial charge < -0.3 is 4.74 Å². The monoisotopic (exact) mass is 382 g/mol. The zero-order valence-corrected chi connectivity index (χ0v) is 16.6. The van der Waals surface area contributed by atoms with Gasteiger partial charge in [-0.3, -0.25) is 9.67 Å². The number of aromatic amines is 1. The highest BCUT2D eigenvalue weighted by atomic mass is 32.1. The number of nitrogens with one attached hydrogen (secondary N) is 1. The third-order valence-electron chi connectivity index (χ3n) is 4.44. The molecule has 0 bridgehead atoms. The van der Waals surface area contributed by atoms with Crippen molar-refractivity contribution in [3.05, 3.63) is 68.6 Å². The summed E-state index contributed by atoms with van der Waals surface area (Å²) >= 11 is 5.38. The number of hydrogen-bond donors (Lipinski definition) is 1. The number of rotatable bonds is 6. The molecule has 1 heterocycles. The number of benzene rings is 2. The van der Waals surface area contributed by atoms with E-state index in [9.17, 15) is 4.91 Å². The van der Waals surface area contributed by atoms with Gasteiger partial charge in [0.15, 0.2) is 10.6 Å². The van der Waals surface area contributed by atoms with Crippen molar-refractivity contribution in [3.8, 4) is 11.4 Å². The molecular formula is C20H22N4O2S. The minimum absolute atomic E-state index is 0.194. The zero-order valence-electron chi connectivity index (χ0n) is 15.8. The SMILES string of the molecule is Cc1ccc(-n2c(COc3cc(C)c(N=O)cc3C(C)C)n[nH]c2=S)cc1. The van der Waals surface area contributed by atoms with Crippen LogP contribution in [-0.4, -0.2) is 14.8 Å². The lowest BCUT2D eigenvalue weighted by atomic mass is 9.99. The van der Waals surface area contributed by atoms with Crippen LogP contribution in [0.25, 0.3) is 5.69 Å². The molecule has 0 atom stereocenters. The first-order chi connectivity index (χ1) is 12.9. The van der Waals surface area contributed by atoms with E-state index >= 15 is 0 Å². The molecule has 0 unspecified atom stereocenters. The van der Waals surface area contributed by atoms with Crippen LogP contribution in [0.2, 0.25) is 0 Å². The summed E-state index contributed by atoms with van der Waals surface area (Å²) in [4.78, 5) is 11.0. The lowest BCUT2D eigenvalue weighted by molar-refractivity contribution is 0.289. The van der Waals surface area contributed by atoms with Crippen LogP contribution < -0.4 is 4.74 Å². The van der Waals surface area contributed by atoms with Crippen LogP contribution >= 0.6 is 12.2 Å². The molecule has 0 fully saturated rings. The van der Waals surface area contributed by atoms with Crippen molar-refractivity contribution < 1.29 is 4.74 Å². The number of ether oxygens (including phenoxy) is 1. The molecule has 2 aromatic carbocycles. The summed E-state index contributed by atoms with van der Waals surface area (Å²) in [5.74, 6) is 1.59. The average molecular weight is 382 g/mol. The summed E-state index contributed by atoms with van der Waals surface area (Å²) in [6.45, 7) is 8.23. The number of aromatic nitrogens is 3. The Morgan fingerprint density at radius 1 is 1.22 bits per heavy atom. The Morgan fingerprint density at radius 3 is 2.56 bits per heavy atom.